The van der Waals surface area contributed by atoms with E-state index in [0.29, 0.717) is 0 Å². The summed E-state index contributed by atoms with van der Waals surface area (Å²) >= 11 is 0. The lowest BCUT2D eigenvalue weighted by Gasteiger charge is -2.28. The fourth-order valence-corrected chi connectivity index (χ4v) is 2.90. The Morgan fingerprint density at radius 2 is 2.00 bits per heavy atom. The van der Waals surface area contributed by atoms with E-state index < -0.39 is 0 Å². The molecule has 0 aliphatic heterocycles. The first-order valence-electron chi connectivity index (χ1n) is 8.63. The van der Waals surface area contributed by atoms with Crippen LogP contribution in [0.3, 0.4) is 0 Å². The van der Waals surface area contributed by atoms with E-state index in [-0.39, 0.29) is 6.04 Å². The van der Waals surface area contributed by atoms with Crippen LogP contribution in [-0.4, -0.2) is 18.6 Å². The summed E-state index contributed by atoms with van der Waals surface area (Å²) in [5.41, 5.74) is 10.3. The lowest BCUT2D eigenvalue weighted by molar-refractivity contribution is 0.570. The average molecular weight is 288 g/mol. The Morgan fingerprint density at radius 1 is 1.29 bits per heavy atom. The highest BCUT2D eigenvalue weighted by molar-refractivity contribution is 5.56. The van der Waals surface area contributed by atoms with Gasteiger partial charge in [-0.3, -0.25) is 0 Å². The van der Waals surface area contributed by atoms with Gasteiger partial charge in [-0.2, -0.15) is 0 Å². The third-order valence-corrected chi connectivity index (χ3v) is 4.53. The third kappa shape index (κ3) is 4.74. The lowest BCUT2D eigenvalue weighted by Crippen LogP contribution is -2.28. The number of benzene rings is 1. The van der Waals surface area contributed by atoms with Crippen LogP contribution in [0.25, 0.3) is 0 Å². The van der Waals surface area contributed by atoms with E-state index >= 15 is 0 Å². The van der Waals surface area contributed by atoms with Gasteiger partial charge in [-0.05, 0) is 62.1 Å². The molecular formula is C19H32N2. The predicted octanol–water partition coefficient (Wildman–Crippen LogP) is 4.29. The van der Waals surface area contributed by atoms with Crippen molar-refractivity contribution in [3.8, 4) is 0 Å². The van der Waals surface area contributed by atoms with E-state index in [1.165, 1.54) is 42.6 Å². The Hall–Kier alpha value is -1.02. The molecule has 0 radical (unpaired) electrons. The Balaban J connectivity index is 2.10. The second-order valence-corrected chi connectivity index (χ2v) is 7.10. The van der Waals surface area contributed by atoms with Gasteiger partial charge >= 0.3 is 0 Å². The van der Waals surface area contributed by atoms with Gasteiger partial charge in [0.2, 0.25) is 0 Å². The molecule has 2 heteroatoms. The molecule has 2 rings (SSSR count). The van der Waals surface area contributed by atoms with Crippen LogP contribution in [0.5, 0.6) is 0 Å². The molecule has 0 saturated heterocycles. The van der Waals surface area contributed by atoms with Crippen molar-refractivity contribution in [2.24, 2.45) is 11.7 Å². The van der Waals surface area contributed by atoms with Gasteiger partial charge in [0.25, 0.3) is 0 Å². The zero-order valence-electron chi connectivity index (χ0n) is 14.2. The van der Waals surface area contributed by atoms with Crippen LogP contribution in [0.15, 0.2) is 18.2 Å². The number of aryl methyl sites for hydroxylation is 1. The van der Waals surface area contributed by atoms with Gasteiger partial charge in [0.15, 0.2) is 0 Å². The van der Waals surface area contributed by atoms with Gasteiger partial charge in [-0.15, -0.1) is 0 Å². The molecule has 1 saturated carbocycles. The van der Waals surface area contributed by atoms with Crippen LogP contribution in [-0.2, 0) is 6.42 Å². The first-order chi connectivity index (χ1) is 10.0. The molecule has 1 unspecified atom stereocenters. The summed E-state index contributed by atoms with van der Waals surface area (Å²) in [6.45, 7) is 10.2. The monoisotopic (exact) mass is 288 g/mol. The summed E-state index contributed by atoms with van der Waals surface area (Å²) in [5, 5.41) is 0. The van der Waals surface area contributed by atoms with Gasteiger partial charge in [0.05, 0.1) is 0 Å². The highest BCUT2D eigenvalue weighted by Gasteiger charge is 2.29. The standard InChI is InChI=1S/C19H32N2/c1-5-17(20)13-16-6-9-19(15(4)12-16)21(18-7-8-18)11-10-14(2)3/h6,9,12,14,17-18H,5,7-8,10-11,13,20H2,1-4H3. The van der Waals surface area contributed by atoms with Crippen molar-refractivity contribution in [3.05, 3.63) is 29.3 Å². The van der Waals surface area contributed by atoms with Crippen molar-refractivity contribution in [3.63, 3.8) is 0 Å². The first kappa shape index (κ1) is 16.4. The van der Waals surface area contributed by atoms with Gasteiger partial charge < -0.3 is 10.6 Å². The minimum Gasteiger partial charge on any atom is -0.368 e. The fraction of sp³-hybridized carbons (Fsp3) is 0.684. The van der Waals surface area contributed by atoms with Gasteiger partial charge in [0, 0.05) is 24.3 Å². The van der Waals surface area contributed by atoms with Crippen molar-refractivity contribution >= 4 is 5.69 Å². The van der Waals surface area contributed by atoms with E-state index in [1.807, 2.05) is 0 Å². The molecule has 0 bridgehead atoms. The fourth-order valence-electron chi connectivity index (χ4n) is 2.90. The quantitative estimate of drug-likeness (QED) is 0.773. The van der Waals surface area contributed by atoms with Crippen LogP contribution in [0, 0.1) is 12.8 Å². The normalized spacial score (nSPS) is 16.3. The van der Waals surface area contributed by atoms with E-state index in [4.69, 9.17) is 5.73 Å². The van der Waals surface area contributed by atoms with E-state index in [9.17, 15) is 0 Å². The van der Waals surface area contributed by atoms with Gasteiger partial charge in [-0.1, -0.05) is 32.9 Å². The third-order valence-electron chi connectivity index (χ3n) is 4.53. The van der Waals surface area contributed by atoms with Gasteiger partial charge in [-0.25, -0.2) is 0 Å². The first-order valence-corrected chi connectivity index (χ1v) is 8.63. The predicted molar refractivity (Wildman–Crippen MR) is 93.0 cm³/mol. The van der Waals surface area contributed by atoms with Crippen molar-refractivity contribution < 1.29 is 0 Å². The zero-order valence-corrected chi connectivity index (χ0v) is 14.2. The number of rotatable bonds is 8. The highest BCUT2D eigenvalue weighted by Crippen LogP contribution is 2.34. The van der Waals surface area contributed by atoms with Crippen molar-refractivity contribution in [1.82, 2.24) is 0 Å². The Labute approximate surface area is 130 Å². The number of anilines is 1. The SMILES string of the molecule is CCC(N)Cc1ccc(N(CCC(C)C)C2CC2)c(C)c1. The second-order valence-electron chi connectivity index (χ2n) is 7.10. The summed E-state index contributed by atoms with van der Waals surface area (Å²) < 4.78 is 0. The molecule has 0 aromatic heterocycles. The largest absolute Gasteiger partial charge is 0.368 e. The van der Waals surface area contributed by atoms with Crippen molar-refractivity contribution in [2.75, 3.05) is 11.4 Å². The molecule has 1 aromatic carbocycles. The van der Waals surface area contributed by atoms with Crippen LogP contribution < -0.4 is 10.6 Å². The maximum atomic E-state index is 6.08. The molecule has 0 heterocycles. The number of nitrogens with two attached hydrogens (primary N) is 1. The summed E-state index contributed by atoms with van der Waals surface area (Å²) in [6.07, 6.45) is 6.04. The average Bonchev–Trinajstić information content (AvgIpc) is 3.25. The van der Waals surface area contributed by atoms with Crippen molar-refractivity contribution in [1.29, 1.82) is 0 Å². The molecule has 2 nitrogen and oxygen atoms in total. The molecule has 1 aliphatic rings. The summed E-state index contributed by atoms with van der Waals surface area (Å²) in [6, 6.07) is 8.02. The smallest absolute Gasteiger partial charge is 0.0398 e. The summed E-state index contributed by atoms with van der Waals surface area (Å²) in [5.74, 6) is 0.772. The minimum absolute atomic E-state index is 0.288. The van der Waals surface area contributed by atoms with Crippen molar-refractivity contribution in [2.45, 2.75) is 71.9 Å². The van der Waals surface area contributed by atoms with Crippen LogP contribution >= 0.6 is 0 Å². The van der Waals surface area contributed by atoms with E-state index in [1.54, 1.807) is 0 Å². The van der Waals surface area contributed by atoms with Gasteiger partial charge in [0.1, 0.15) is 0 Å². The molecule has 0 spiro atoms. The van der Waals surface area contributed by atoms with Crippen LogP contribution in [0.4, 0.5) is 5.69 Å². The minimum atomic E-state index is 0.288. The number of nitrogens with zero attached hydrogens (tertiary/aromatic N) is 1. The second kappa shape index (κ2) is 7.31. The molecule has 1 atom stereocenters. The highest BCUT2D eigenvalue weighted by atomic mass is 15.2. The molecule has 21 heavy (non-hydrogen) atoms. The van der Waals surface area contributed by atoms with Crippen LogP contribution in [0.2, 0.25) is 0 Å². The number of hydrogen-bond donors (Lipinski definition) is 1. The summed E-state index contributed by atoms with van der Waals surface area (Å²) in [7, 11) is 0. The Kier molecular flexibility index (Phi) is 5.69. The molecule has 1 fully saturated rings. The Bertz CT molecular complexity index is 449. The molecular weight excluding hydrogens is 256 g/mol. The molecule has 1 aliphatic carbocycles. The maximum absolute atomic E-state index is 6.08. The Morgan fingerprint density at radius 3 is 2.52 bits per heavy atom. The lowest BCUT2D eigenvalue weighted by atomic mass is 10.0. The van der Waals surface area contributed by atoms with E-state index in [2.05, 4.69) is 50.8 Å². The van der Waals surface area contributed by atoms with Crippen LogP contribution in [0.1, 0.15) is 57.6 Å². The van der Waals surface area contributed by atoms with E-state index in [0.717, 1.165) is 24.8 Å². The summed E-state index contributed by atoms with van der Waals surface area (Å²) in [4.78, 5) is 2.64. The molecule has 2 N–H and O–H groups in total. The number of hydrogen-bond acceptors (Lipinski definition) is 2. The molecule has 1 aromatic rings. The molecule has 118 valence electrons. The maximum Gasteiger partial charge on any atom is 0.0398 e. The topological polar surface area (TPSA) is 29.3 Å². The zero-order chi connectivity index (χ0) is 15.4. The molecule has 0 amide bonds.